The molecule has 0 saturated heterocycles. The molecule has 2 N–H and O–H groups in total. The van der Waals surface area contributed by atoms with Crippen LogP contribution in [0.25, 0.3) is 0 Å². The second kappa shape index (κ2) is 9.22. The highest BCUT2D eigenvalue weighted by Gasteiger charge is 2.08. The molecule has 112 valence electrons. The molecule has 1 aromatic heterocycles. The Kier molecular flexibility index (Phi) is 7.52. The largest absolute Gasteiger partial charge is 0.396 e. The van der Waals surface area contributed by atoms with Crippen molar-refractivity contribution in [3.8, 4) is 0 Å². The number of hydrogen-bond acceptors (Lipinski definition) is 5. The van der Waals surface area contributed by atoms with Gasteiger partial charge in [-0.2, -0.15) is 5.10 Å². The fraction of sp³-hybridized carbons (Fsp3) is 0.615. The summed E-state index contributed by atoms with van der Waals surface area (Å²) in [5.74, 6) is -0.305. The van der Waals surface area contributed by atoms with E-state index in [9.17, 15) is 9.59 Å². The highest BCUT2D eigenvalue weighted by molar-refractivity contribution is 5.91. The highest BCUT2D eigenvalue weighted by atomic mass is 16.5. The predicted octanol–water partition coefficient (Wildman–Crippen LogP) is -0.218. The Morgan fingerprint density at radius 1 is 1.40 bits per heavy atom. The maximum atomic E-state index is 11.8. The van der Waals surface area contributed by atoms with Gasteiger partial charge in [-0.3, -0.25) is 9.59 Å². The second-order valence-corrected chi connectivity index (χ2v) is 4.31. The molecule has 1 heterocycles. The van der Waals surface area contributed by atoms with Crippen molar-refractivity contribution in [2.24, 2.45) is 0 Å². The van der Waals surface area contributed by atoms with E-state index in [4.69, 9.17) is 9.84 Å². The van der Waals surface area contributed by atoms with Gasteiger partial charge in [-0.15, -0.1) is 0 Å². The maximum Gasteiger partial charge on any atom is 0.271 e. The van der Waals surface area contributed by atoms with Gasteiger partial charge in [0.2, 0.25) is 0 Å². The molecule has 1 aromatic rings. The van der Waals surface area contributed by atoms with Crippen LogP contribution in [0.1, 0.15) is 29.8 Å². The van der Waals surface area contributed by atoms with E-state index in [1.807, 2.05) is 0 Å². The van der Waals surface area contributed by atoms with Crippen LogP contribution in [0.5, 0.6) is 0 Å². The lowest BCUT2D eigenvalue weighted by molar-refractivity contribution is 0.0944. The first kappa shape index (κ1) is 16.3. The van der Waals surface area contributed by atoms with Crippen LogP contribution in [-0.2, 0) is 11.3 Å². The molecule has 0 fully saturated rings. The zero-order valence-corrected chi connectivity index (χ0v) is 11.7. The zero-order valence-electron chi connectivity index (χ0n) is 11.7. The molecule has 0 aromatic carbocycles. The van der Waals surface area contributed by atoms with Crippen LogP contribution in [0.15, 0.2) is 16.9 Å². The number of carbonyl (C=O) groups excluding carboxylic acids is 1. The molecule has 0 unspecified atom stereocenters. The van der Waals surface area contributed by atoms with Gasteiger partial charge < -0.3 is 15.2 Å². The molecule has 0 spiro atoms. The summed E-state index contributed by atoms with van der Waals surface area (Å²) in [6, 6.07) is 2.73. The third-order valence-electron chi connectivity index (χ3n) is 2.73. The first-order valence-corrected chi connectivity index (χ1v) is 6.65. The van der Waals surface area contributed by atoms with E-state index in [1.165, 1.54) is 23.9 Å². The summed E-state index contributed by atoms with van der Waals surface area (Å²) < 4.78 is 6.10. The summed E-state index contributed by atoms with van der Waals surface area (Å²) in [4.78, 5) is 23.4. The standard InChI is InChI=1S/C13H21N3O4/c1-20-10-8-16-12(18)6-5-11(15-16)13(19)14-7-3-2-4-9-17/h5-6,17H,2-4,7-10H2,1H3,(H,14,19). The number of carbonyl (C=O) groups is 1. The van der Waals surface area contributed by atoms with Gasteiger partial charge >= 0.3 is 0 Å². The molecule has 0 radical (unpaired) electrons. The lowest BCUT2D eigenvalue weighted by Crippen LogP contribution is -2.30. The van der Waals surface area contributed by atoms with E-state index >= 15 is 0 Å². The smallest absolute Gasteiger partial charge is 0.271 e. The van der Waals surface area contributed by atoms with Gasteiger partial charge in [-0.25, -0.2) is 4.68 Å². The second-order valence-electron chi connectivity index (χ2n) is 4.31. The van der Waals surface area contributed by atoms with E-state index in [1.54, 1.807) is 0 Å². The van der Waals surface area contributed by atoms with Gasteiger partial charge in [0.1, 0.15) is 5.69 Å². The molecule has 1 rings (SSSR count). The van der Waals surface area contributed by atoms with Crippen molar-refractivity contribution < 1.29 is 14.6 Å². The number of nitrogens with one attached hydrogen (secondary N) is 1. The monoisotopic (exact) mass is 283 g/mol. The van der Waals surface area contributed by atoms with Gasteiger partial charge in [0.15, 0.2) is 0 Å². The number of nitrogens with zero attached hydrogens (tertiary/aromatic N) is 2. The predicted molar refractivity (Wildman–Crippen MR) is 73.6 cm³/mol. The van der Waals surface area contributed by atoms with Crippen molar-refractivity contribution in [1.29, 1.82) is 0 Å². The number of hydrogen-bond donors (Lipinski definition) is 2. The first-order valence-electron chi connectivity index (χ1n) is 6.65. The topological polar surface area (TPSA) is 93.5 Å². The van der Waals surface area contributed by atoms with Gasteiger partial charge in [-0.05, 0) is 25.3 Å². The summed E-state index contributed by atoms with van der Waals surface area (Å²) >= 11 is 0. The van der Waals surface area contributed by atoms with Crippen LogP contribution in [0, 0.1) is 0 Å². The molecule has 7 heteroatoms. The Labute approximate surface area is 117 Å². The van der Waals surface area contributed by atoms with E-state index in [0.29, 0.717) is 19.7 Å². The summed E-state index contributed by atoms with van der Waals surface area (Å²) in [5.41, 5.74) is -0.0515. The van der Waals surface area contributed by atoms with Crippen LogP contribution in [-0.4, -0.2) is 47.7 Å². The van der Waals surface area contributed by atoms with Crippen LogP contribution in [0.2, 0.25) is 0 Å². The number of aliphatic hydroxyl groups excluding tert-OH is 1. The SMILES string of the molecule is COCCn1nc(C(=O)NCCCCCO)ccc1=O. The molecule has 0 aliphatic carbocycles. The molecule has 0 aliphatic heterocycles. The van der Waals surface area contributed by atoms with Crippen LogP contribution >= 0.6 is 0 Å². The van der Waals surface area contributed by atoms with Crippen molar-refractivity contribution in [2.75, 3.05) is 26.9 Å². The van der Waals surface area contributed by atoms with E-state index in [2.05, 4.69) is 10.4 Å². The zero-order chi connectivity index (χ0) is 14.8. The minimum atomic E-state index is -0.305. The Bertz CT molecular complexity index is 473. The molecule has 0 aliphatic rings. The summed E-state index contributed by atoms with van der Waals surface area (Å²) in [6.45, 7) is 1.36. The Morgan fingerprint density at radius 2 is 2.20 bits per heavy atom. The minimum absolute atomic E-state index is 0.167. The molecular weight excluding hydrogens is 262 g/mol. The van der Waals surface area contributed by atoms with Crippen molar-refractivity contribution >= 4 is 5.91 Å². The highest BCUT2D eigenvalue weighted by Crippen LogP contribution is 1.95. The quantitative estimate of drug-likeness (QED) is 0.611. The molecule has 0 saturated carbocycles. The molecular formula is C13H21N3O4. The van der Waals surface area contributed by atoms with Crippen molar-refractivity contribution in [1.82, 2.24) is 15.1 Å². The number of aromatic nitrogens is 2. The maximum absolute atomic E-state index is 11.8. The number of rotatable bonds is 9. The van der Waals surface area contributed by atoms with Crippen LogP contribution in [0.4, 0.5) is 0 Å². The van der Waals surface area contributed by atoms with Crippen molar-refractivity contribution in [2.45, 2.75) is 25.8 Å². The number of aliphatic hydroxyl groups is 1. The number of methoxy groups -OCH3 is 1. The van der Waals surface area contributed by atoms with Crippen molar-refractivity contribution in [3.63, 3.8) is 0 Å². The minimum Gasteiger partial charge on any atom is -0.396 e. The average Bonchev–Trinajstić information content (AvgIpc) is 2.46. The van der Waals surface area contributed by atoms with Gasteiger partial charge in [0.25, 0.3) is 11.5 Å². The fourth-order valence-electron chi connectivity index (χ4n) is 1.61. The Balaban J connectivity index is 2.53. The lowest BCUT2D eigenvalue weighted by Gasteiger charge is -2.07. The Hall–Kier alpha value is -1.73. The summed E-state index contributed by atoms with van der Waals surface area (Å²) in [5, 5.41) is 15.4. The average molecular weight is 283 g/mol. The molecule has 1 amide bonds. The summed E-state index contributed by atoms with van der Waals surface area (Å²) in [6.07, 6.45) is 2.39. The number of unbranched alkanes of at least 4 members (excludes halogenated alkanes) is 2. The molecule has 20 heavy (non-hydrogen) atoms. The van der Waals surface area contributed by atoms with Gasteiger partial charge in [0, 0.05) is 26.3 Å². The van der Waals surface area contributed by atoms with E-state index in [0.717, 1.165) is 19.3 Å². The first-order chi connectivity index (χ1) is 9.69. The fourth-order valence-corrected chi connectivity index (χ4v) is 1.61. The van der Waals surface area contributed by atoms with Crippen LogP contribution < -0.4 is 10.9 Å². The van der Waals surface area contributed by atoms with Crippen LogP contribution in [0.3, 0.4) is 0 Å². The van der Waals surface area contributed by atoms with E-state index < -0.39 is 0 Å². The summed E-state index contributed by atoms with van der Waals surface area (Å²) in [7, 11) is 1.54. The third-order valence-corrected chi connectivity index (χ3v) is 2.73. The number of amides is 1. The molecule has 0 bridgehead atoms. The van der Waals surface area contributed by atoms with Crippen molar-refractivity contribution in [3.05, 3.63) is 28.2 Å². The molecule has 0 atom stereocenters. The van der Waals surface area contributed by atoms with E-state index in [-0.39, 0.29) is 23.8 Å². The van der Waals surface area contributed by atoms with Gasteiger partial charge in [-0.1, -0.05) is 0 Å². The molecule has 7 nitrogen and oxygen atoms in total. The normalized spacial score (nSPS) is 10.5. The number of ether oxygens (including phenoxy) is 1. The third kappa shape index (κ3) is 5.50. The lowest BCUT2D eigenvalue weighted by atomic mass is 10.2. The van der Waals surface area contributed by atoms with Gasteiger partial charge in [0.05, 0.1) is 13.2 Å². The Morgan fingerprint density at radius 3 is 2.90 bits per heavy atom.